The van der Waals surface area contributed by atoms with Crippen LogP contribution in [0, 0.1) is 5.92 Å². The van der Waals surface area contributed by atoms with Crippen LogP contribution in [0.25, 0.3) is 0 Å². The molecule has 2 atom stereocenters. The molecule has 0 heterocycles. The van der Waals surface area contributed by atoms with E-state index in [0.29, 0.717) is 17.2 Å². The standard InChI is InChI=1S/C9H16BrF3O/c1-3-8(10)7(2)4-5-14-6-9(11,12)13/h7-8H,3-6H2,1-2H3. The Hall–Kier alpha value is 0.230. The molecular formula is C9H16BrF3O. The highest BCUT2D eigenvalue weighted by atomic mass is 79.9. The maximum atomic E-state index is 11.7. The van der Waals surface area contributed by atoms with Gasteiger partial charge in [0.05, 0.1) is 0 Å². The Morgan fingerprint density at radius 3 is 2.36 bits per heavy atom. The Labute approximate surface area is 91.1 Å². The van der Waals surface area contributed by atoms with E-state index < -0.39 is 12.8 Å². The second-order valence-corrected chi connectivity index (χ2v) is 4.53. The first kappa shape index (κ1) is 14.2. The van der Waals surface area contributed by atoms with Crippen LogP contribution < -0.4 is 0 Å². The number of ether oxygens (including phenoxy) is 1. The molecule has 0 radical (unpaired) electrons. The third-order valence-corrected chi connectivity index (χ3v) is 3.54. The average molecular weight is 277 g/mol. The summed E-state index contributed by atoms with van der Waals surface area (Å²) in [5, 5.41) is 0. The molecular weight excluding hydrogens is 261 g/mol. The lowest BCUT2D eigenvalue weighted by Crippen LogP contribution is -2.19. The summed E-state index contributed by atoms with van der Waals surface area (Å²) in [5.41, 5.74) is 0. The van der Waals surface area contributed by atoms with Crippen LogP contribution in [-0.2, 0) is 4.74 Å². The molecule has 86 valence electrons. The number of halogens is 4. The zero-order valence-electron chi connectivity index (χ0n) is 8.40. The van der Waals surface area contributed by atoms with Gasteiger partial charge in [0, 0.05) is 11.4 Å². The number of hydrogen-bond acceptors (Lipinski definition) is 1. The van der Waals surface area contributed by atoms with Crippen molar-refractivity contribution < 1.29 is 17.9 Å². The van der Waals surface area contributed by atoms with E-state index in [-0.39, 0.29) is 6.61 Å². The Morgan fingerprint density at radius 1 is 1.36 bits per heavy atom. The first-order valence-corrected chi connectivity index (χ1v) is 5.57. The van der Waals surface area contributed by atoms with Crippen molar-refractivity contribution in [2.24, 2.45) is 5.92 Å². The second-order valence-electron chi connectivity index (χ2n) is 3.36. The van der Waals surface area contributed by atoms with Gasteiger partial charge in [0.2, 0.25) is 0 Å². The molecule has 0 fully saturated rings. The van der Waals surface area contributed by atoms with E-state index in [4.69, 9.17) is 0 Å². The zero-order valence-corrected chi connectivity index (χ0v) is 9.99. The predicted molar refractivity (Wildman–Crippen MR) is 53.7 cm³/mol. The molecule has 5 heteroatoms. The lowest BCUT2D eigenvalue weighted by Gasteiger charge is -2.16. The highest BCUT2D eigenvalue weighted by Crippen LogP contribution is 2.20. The molecule has 0 N–H and O–H groups in total. The monoisotopic (exact) mass is 276 g/mol. The Balaban J connectivity index is 3.45. The van der Waals surface area contributed by atoms with Gasteiger partial charge in [-0.1, -0.05) is 29.8 Å². The largest absolute Gasteiger partial charge is 0.411 e. The molecule has 14 heavy (non-hydrogen) atoms. The van der Waals surface area contributed by atoms with Crippen LogP contribution in [0.2, 0.25) is 0 Å². The van der Waals surface area contributed by atoms with Gasteiger partial charge in [0.15, 0.2) is 0 Å². The van der Waals surface area contributed by atoms with E-state index in [1.165, 1.54) is 0 Å². The van der Waals surface area contributed by atoms with Crippen molar-refractivity contribution in [3.8, 4) is 0 Å². The highest BCUT2D eigenvalue weighted by Gasteiger charge is 2.27. The Bertz CT molecular complexity index is 149. The minimum atomic E-state index is -4.21. The second kappa shape index (κ2) is 6.67. The summed E-state index contributed by atoms with van der Waals surface area (Å²) in [6.07, 6.45) is -2.58. The van der Waals surface area contributed by atoms with Crippen LogP contribution in [0.3, 0.4) is 0 Å². The van der Waals surface area contributed by atoms with Crippen LogP contribution in [0.1, 0.15) is 26.7 Å². The SMILES string of the molecule is CCC(Br)C(C)CCOCC(F)(F)F. The topological polar surface area (TPSA) is 9.23 Å². The van der Waals surface area contributed by atoms with E-state index in [0.717, 1.165) is 6.42 Å². The molecule has 1 nitrogen and oxygen atoms in total. The van der Waals surface area contributed by atoms with Gasteiger partial charge in [0.25, 0.3) is 0 Å². The number of rotatable bonds is 6. The fraction of sp³-hybridized carbons (Fsp3) is 1.00. The van der Waals surface area contributed by atoms with Gasteiger partial charge in [-0.2, -0.15) is 13.2 Å². The molecule has 0 saturated heterocycles. The fourth-order valence-corrected chi connectivity index (χ4v) is 1.30. The summed E-state index contributed by atoms with van der Waals surface area (Å²) in [7, 11) is 0. The van der Waals surface area contributed by atoms with Crippen LogP contribution in [0.15, 0.2) is 0 Å². The lowest BCUT2D eigenvalue weighted by atomic mass is 10.0. The van der Waals surface area contributed by atoms with Gasteiger partial charge in [-0.15, -0.1) is 0 Å². The van der Waals surface area contributed by atoms with Crippen molar-refractivity contribution in [1.82, 2.24) is 0 Å². The van der Waals surface area contributed by atoms with Crippen molar-refractivity contribution in [3.63, 3.8) is 0 Å². The predicted octanol–water partition coefficient (Wildman–Crippen LogP) is 3.77. The Morgan fingerprint density at radius 2 is 1.93 bits per heavy atom. The molecule has 0 aromatic rings. The summed E-state index contributed by atoms with van der Waals surface area (Å²) in [6.45, 7) is 3.06. The highest BCUT2D eigenvalue weighted by molar-refractivity contribution is 9.09. The zero-order chi connectivity index (χ0) is 11.2. The minimum absolute atomic E-state index is 0.169. The smallest absolute Gasteiger partial charge is 0.372 e. The third-order valence-electron chi connectivity index (χ3n) is 1.99. The first-order valence-electron chi connectivity index (χ1n) is 4.65. The fourth-order valence-electron chi connectivity index (χ4n) is 1.04. The molecule has 0 aliphatic rings. The maximum absolute atomic E-state index is 11.7. The third kappa shape index (κ3) is 7.62. The van der Waals surface area contributed by atoms with Crippen LogP contribution in [0.5, 0.6) is 0 Å². The van der Waals surface area contributed by atoms with Gasteiger partial charge in [-0.3, -0.25) is 0 Å². The Kier molecular flexibility index (Phi) is 6.78. The molecule has 0 rings (SSSR count). The number of alkyl halides is 4. The molecule has 0 saturated carbocycles. The number of hydrogen-bond donors (Lipinski definition) is 0. The summed E-state index contributed by atoms with van der Waals surface area (Å²) in [6, 6.07) is 0. The van der Waals surface area contributed by atoms with Crippen molar-refractivity contribution in [2.45, 2.75) is 37.7 Å². The van der Waals surface area contributed by atoms with Gasteiger partial charge < -0.3 is 4.74 Å². The maximum Gasteiger partial charge on any atom is 0.411 e. The summed E-state index contributed by atoms with van der Waals surface area (Å²) in [4.78, 5) is 0.358. The molecule has 2 unspecified atom stereocenters. The van der Waals surface area contributed by atoms with Crippen molar-refractivity contribution in [3.05, 3.63) is 0 Å². The quantitative estimate of drug-likeness (QED) is 0.530. The lowest BCUT2D eigenvalue weighted by molar-refractivity contribution is -0.174. The molecule has 0 aromatic carbocycles. The van der Waals surface area contributed by atoms with Crippen molar-refractivity contribution in [2.75, 3.05) is 13.2 Å². The summed E-state index contributed by atoms with van der Waals surface area (Å²) in [5.74, 6) is 0.341. The van der Waals surface area contributed by atoms with Crippen LogP contribution >= 0.6 is 15.9 Å². The minimum Gasteiger partial charge on any atom is -0.372 e. The molecule has 0 aliphatic carbocycles. The van der Waals surface area contributed by atoms with Crippen molar-refractivity contribution >= 4 is 15.9 Å². The van der Waals surface area contributed by atoms with E-state index in [1.807, 2.05) is 13.8 Å². The van der Waals surface area contributed by atoms with Gasteiger partial charge in [-0.05, 0) is 18.8 Å². The summed E-state index contributed by atoms with van der Waals surface area (Å²) >= 11 is 3.46. The molecule has 0 aliphatic heterocycles. The first-order chi connectivity index (χ1) is 6.37. The average Bonchev–Trinajstić information content (AvgIpc) is 2.09. The normalized spacial score (nSPS) is 16.7. The van der Waals surface area contributed by atoms with Gasteiger partial charge in [-0.25, -0.2) is 0 Å². The van der Waals surface area contributed by atoms with E-state index in [2.05, 4.69) is 20.7 Å². The van der Waals surface area contributed by atoms with Crippen LogP contribution in [-0.4, -0.2) is 24.2 Å². The van der Waals surface area contributed by atoms with Gasteiger partial charge >= 0.3 is 6.18 Å². The molecule has 0 aromatic heterocycles. The van der Waals surface area contributed by atoms with Crippen molar-refractivity contribution in [1.29, 1.82) is 0 Å². The summed E-state index contributed by atoms with van der Waals surface area (Å²) < 4.78 is 39.5. The molecule has 0 spiro atoms. The van der Waals surface area contributed by atoms with Gasteiger partial charge in [0.1, 0.15) is 6.61 Å². The van der Waals surface area contributed by atoms with E-state index in [1.54, 1.807) is 0 Å². The molecule has 0 bridgehead atoms. The van der Waals surface area contributed by atoms with E-state index >= 15 is 0 Å². The van der Waals surface area contributed by atoms with E-state index in [9.17, 15) is 13.2 Å². The van der Waals surface area contributed by atoms with Crippen LogP contribution in [0.4, 0.5) is 13.2 Å². The molecule has 0 amide bonds.